The summed E-state index contributed by atoms with van der Waals surface area (Å²) >= 11 is 0. The van der Waals surface area contributed by atoms with E-state index in [0.717, 1.165) is 6.07 Å². The average Bonchev–Trinajstić information content (AvgIpc) is 2.45. The van der Waals surface area contributed by atoms with E-state index in [0.29, 0.717) is 12.0 Å². The molecular weight excluding hydrogens is 282 g/mol. The summed E-state index contributed by atoms with van der Waals surface area (Å²) in [5.41, 5.74) is 0.213. The van der Waals surface area contributed by atoms with Crippen molar-refractivity contribution >= 4 is 26.2 Å². The van der Waals surface area contributed by atoms with Gasteiger partial charge < -0.3 is 0 Å². The Labute approximate surface area is 104 Å². The Kier molecular flexibility index (Phi) is 2.72. The van der Waals surface area contributed by atoms with Gasteiger partial charge in [-0.05, 0) is 18.1 Å². The predicted octanol–water partition coefficient (Wildman–Crippen LogP) is 0.196. The first-order chi connectivity index (χ1) is 8.21. The summed E-state index contributed by atoms with van der Waals surface area (Å²) in [5, 5.41) is 0. The second-order valence-corrected chi connectivity index (χ2v) is 6.88. The minimum Gasteiger partial charge on any atom is -0.268 e. The van der Waals surface area contributed by atoms with Crippen molar-refractivity contribution in [3.8, 4) is 0 Å². The molecule has 1 aliphatic rings. The highest BCUT2D eigenvalue weighted by Gasteiger charge is 2.48. The van der Waals surface area contributed by atoms with Gasteiger partial charge in [0, 0.05) is 0 Å². The molecule has 98 valence electrons. The lowest BCUT2D eigenvalue weighted by molar-refractivity contribution is 0.0922. The van der Waals surface area contributed by atoms with Gasteiger partial charge in [0.25, 0.3) is 15.9 Å². The van der Waals surface area contributed by atoms with E-state index >= 15 is 0 Å². The molecule has 0 aromatic heterocycles. The van der Waals surface area contributed by atoms with Crippen LogP contribution in [0.3, 0.4) is 0 Å². The molecule has 1 aliphatic heterocycles. The number of hydrogen-bond donors (Lipinski definition) is 1. The SMILES string of the molecule is CCc1cccc2c1C(=O)N(S(=O)(=O)O)S2(=O)=O. The number of sulfonamides is 1. The number of hydrogen-bond acceptors (Lipinski definition) is 5. The Morgan fingerprint density at radius 2 is 1.94 bits per heavy atom. The molecule has 0 atom stereocenters. The number of amides is 1. The zero-order valence-electron chi connectivity index (χ0n) is 9.19. The zero-order chi connectivity index (χ0) is 13.7. The van der Waals surface area contributed by atoms with Crippen LogP contribution < -0.4 is 0 Å². The first-order valence-electron chi connectivity index (χ1n) is 4.90. The lowest BCUT2D eigenvalue weighted by Gasteiger charge is -2.09. The van der Waals surface area contributed by atoms with Gasteiger partial charge in [0.2, 0.25) is 0 Å². The van der Waals surface area contributed by atoms with Crippen LogP contribution in [0.1, 0.15) is 22.8 Å². The van der Waals surface area contributed by atoms with E-state index in [-0.39, 0.29) is 5.56 Å². The summed E-state index contributed by atoms with van der Waals surface area (Å²) < 4.78 is 54.1. The minimum atomic E-state index is -5.16. The van der Waals surface area contributed by atoms with Crippen molar-refractivity contribution < 1.29 is 26.2 Å². The maximum atomic E-state index is 11.9. The molecule has 1 N–H and O–H groups in total. The molecule has 0 aliphatic carbocycles. The Hall–Kier alpha value is -1.45. The van der Waals surface area contributed by atoms with E-state index in [1.54, 1.807) is 6.92 Å². The van der Waals surface area contributed by atoms with Crippen molar-refractivity contribution in [1.82, 2.24) is 3.71 Å². The third-order valence-electron chi connectivity index (χ3n) is 2.58. The predicted molar refractivity (Wildman–Crippen MR) is 60.7 cm³/mol. The Balaban J connectivity index is 2.85. The molecule has 0 radical (unpaired) electrons. The molecule has 18 heavy (non-hydrogen) atoms. The maximum Gasteiger partial charge on any atom is 0.376 e. The number of fused-ring (bicyclic) bond motifs is 1. The van der Waals surface area contributed by atoms with Crippen molar-refractivity contribution in [2.75, 3.05) is 0 Å². The fraction of sp³-hybridized carbons (Fsp3) is 0.222. The summed E-state index contributed by atoms with van der Waals surface area (Å²) in [6.07, 6.45) is 0.365. The van der Waals surface area contributed by atoms with Crippen LogP contribution in [-0.2, 0) is 26.7 Å². The van der Waals surface area contributed by atoms with Crippen molar-refractivity contribution in [2.45, 2.75) is 18.2 Å². The summed E-state index contributed by atoms with van der Waals surface area (Å²) in [6.45, 7) is 1.70. The lowest BCUT2D eigenvalue weighted by atomic mass is 10.1. The van der Waals surface area contributed by atoms with Crippen LogP contribution in [-0.4, -0.2) is 31.0 Å². The van der Waals surface area contributed by atoms with Gasteiger partial charge >= 0.3 is 10.3 Å². The average molecular weight is 291 g/mol. The molecule has 1 amide bonds. The number of rotatable bonds is 2. The van der Waals surface area contributed by atoms with Gasteiger partial charge in [-0.1, -0.05) is 22.8 Å². The van der Waals surface area contributed by atoms with Gasteiger partial charge in [0.15, 0.2) is 0 Å². The Bertz CT molecular complexity index is 734. The van der Waals surface area contributed by atoms with Crippen molar-refractivity contribution in [3.63, 3.8) is 0 Å². The standard InChI is InChI=1S/C9H9NO6S2/c1-2-6-4-3-5-7-8(6)9(11)10(17(7,12)13)18(14,15)16/h3-5H,2H2,1H3,(H,14,15,16). The van der Waals surface area contributed by atoms with Gasteiger partial charge in [-0.2, -0.15) is 16.8 Å². The highest BCUT2D eigenvalue weighted by atomic mass is 32.3. The Morgan fingerprint density at radius 1 is 1.33 bits per heavy atom. The molecule has 1 aromatic rings. The summed E-state index contributed by atoms with van der Waals surface area (Å²) in [4.78, 5) is 11.4. The number of carbonyl (C=O) groups excluding carboxylic acids is 1. The van der Waals surface area contributed by atoms with Crippen LogP contribution in [0, 0.1) is 0 Å². The lowest BCUT2D eigenvalue weighted by Crippen LogP contribution is -2.35. The molecule has 7 nitrogen and oxygen atoms in total. The van der Waals surface area contributed by atoms with E-state index in [1.165, 1.54) is 12.1 Å². The minimum absolute atomic E-state index is 0.197. The van der Waals surface area contributed by atoms with Gasteiger partial charge in [0.1, 0.15) is 4.90 Å². The number of aryl methyl sites for hydroxylation is 1. The molecule has 1 heterocycles. The van der Waals surface area contributed by atoms with Gasteiger partial charge in [-0.3, -0.25) is 9.35 Å². The molecule has 0 fully saturated rings. The second-order valence-electron chi connectivity index (χ2n) is 3.63. The van der Waals surface area contributed by atoms with E-state index < -0.39 is 34.8 Å². The molecule has 9 heteroatoms. The molecule has 1 aromatic carbocycles. The van der Waals surface area contributed by atoms with Gasteiger partial charge in [0.05, 0.1) is 5.56 Å². The highest BCUT2D eigenvalue weighted by Crippen LogP contribution is 2.34. The summed E-state index contributed by atoms with van der Waals surface area (Å²) in [6, 6.07) is 4.07. The highest BCUT2D eigenvalue weighted by molar-refractivity contribution is 8.03. The molecular formula is C9H9NO6S2. The smallest absolute Gasteiger partial charge is 0.268 e. The molecule has 0 saturated carbocycles. The number of carbonyl (C=O) groups is 1. The van der Waals surface area contributed by atoms with E-state index in [1.807, 2.05) is 0 Å². The quantitative estimate of drug-likeness (QED) is 0.779. The summed E-state index contributed by atoms with van der Waals surface area (Å²) in [5.74, 6) is -1.25. The van der Waals surface area contributed by atoms with Crippen molar-refractivity contribution in [2.24, 2.45) is 0 Å². The van der Waals surface area contributed by atoms with E-state index in [4.69, 9.17) is 4.55 Å². The van der Waals surface area contributed by atoms with Crippen molar-refractivity contribution in [3.05, 3.63) is 29.3 Å². The van der Waals surface area contributed by atoms with Crippen LogP contribution >= 0.6 is 0 Å². The summed E-state index contributed by atoms with van der Waals surface area (Å²) in [7, 11) is -9.70. The topological polar surface area (TPSA) is 109 Å². The zero-order valence-corrected chi connectivity index (χ0v) is 10.8. The normalized spacial score (nSPS) is 17.9. The largest absolute Gasteiger partial charge is 0.376 e. The van der Waals surface area contributed by atoms with Crippen LogP contribution in [0.25, 0.3) is 0 Å². The molecule has 0 unspecified atom stereocenters. The fourth-order valence-electron chi connectivity index (χ4n) is 1.85. The van der Waals surface area contributed by atoms with Gasteiger partial charge in [-0.25, -0.2) is 0 Å². The van der Waals surface area contributed by atoms with Crippen LogP contribution in [0.4, 0.5) is 0 Å². The number of nitrogens with zero attached hydrogens (tertiary/aromatic N) is 1. The third-order valence-corrected chi connectivity index (χ3v) is 5.82. The molecule has 0 bridgehead atoms. The second kappa shape index (κ2) is 3.77. The van der Waals surface area contributed by atoms with E-state index in [2.05, 4.69) is 0 Å². The Morgan fingerprint density at radius 3 is 2.44 bits per heavy atom. The molecule has 2 rings (SSSR count). The van der Waals surface area contributed by atoms with Crippen molar-refractivity contribution in [1.29, 1.82) is 0 Å². The van der Waals surface area contributed by atoms with E-state index in [9.17, 15) is 21.6 Å². The first kappa shape index (κ1) is 13.0. The van der Waals surface area contributed by atoms with Crippen LogP contribution in [0.15, 0.2) is 23.1 Å². The molecule has 0 spiro atoms. The first-order valence-corrected chi connectivity index (χ1v) is 7.74. The third kappa shape index (κ3) is 1.62. The van der Waals surface area contributed by atoms with Crippen LogP contribution in [0.5, 0.6) is 0 Å². The maximum absolute atomic E-state index is 11.9. The number of benzene rings is 1. The molecule has 0 saturated heterocycles. The fourth-order valence-corrected chi connectivity index (χ4v) is 4.60. The monoisotopic (exact) mass is 291 g/mol. The van der Waals surface area contributed by atoms with Gasteiger partial charge in [-0.15, -0.1) is 0 Å². The van der Waals surface area contributed by atoms with Crippen LogP contribution in [0.2, 0.25) is 0 Å².